The van der Waals surface area contributed by atoms with E-state index in [9.17, 15) is 4.79 Å². The maximum absolute atomic E-state index is 12.0. The van der Waals surface area contributed by atoms with Gasteiger partial charge in [-0.15, -0.1) is 0 Å². The van der Waals surface area contributed by atoms with Gasteiger partial charge in [0.1, 0.15) is 5.82 Å². The first-order chi connectivity index (χ1) is 11.7. The maximum atomic E-state index is 12.0. The van der Waals surface area contributed by atoms with Crippen LogP contribution in [0.4, 0.5) is 10.6 Å². The van der Waals surface area contributed by atoms with E-state index in [0.29, 0.717) is 11.6 Å². The smallest absolute Gasteiger partial charge is 0.315 e. The van der Waals surface area contributed by atoms with Crippen molar-refractivity contribution in [2.45, 2.75) is 25.4 Å². The van der Waals surface area contributed by atoms with Crippen molar-refractivity contribution in [2.24, 2.45) is 0 Å². The lowest BCUT2D eigenvalue weighted by atomic mass is 10.3. The number of rotatable bonds is 6. The molecule has 24 heavy (non-hydrogen) atoms. The molecule has 3 rings (SSSR count). The van der Waals surface area contributed by atoms with E-state index < -0.39 is 0 Å². The summed E-state index contributed by atoms with van der Waals surface area (Å²) in [5, 5.41) is 6.54. The van der Waals surface area contributed by atoms with E-state index in [0.717, 1.165) is 38.3 Å². The Morgan fingerprint density at radius 1 is 1.42 bits per heavy atom. The average Bonchev–Trinajstić information content (AvgIpc) is 3.24. The number of amides is 2. The van der Waals surface area contributed by atoms with Crippen LogP contribution in [0.3, 0.4) is 0 Å². The molecule has 2 aromatic heterocycles. The summed E-state index contributed by atoms with van der Waals surface area (Å²) in [5.74, 6) is 0.782. The molecule has 0 unspecified atom stereocenters. The van der Waals surface area contributed by atoms with Crippen molar-refractivity contribution in [3.63, 3.8) is 0 Å². The molecule has 0 saturated carbocycles. The summed E-state index contributed by atoms with van der Waals surface area (Å²) in [7, 11) is 0. The van der Waals surface area contributed by atoms with E-state index in [2.05, 4.69) is 25.5 Å². The van der Waals surface area contributed by atoms with Gasteiger partial charge in [-0.3, -0.25) is 0 Å². The van der Waals surface area contributed by atoms with E-state index in [1.165, 1.54) is 0 Å². The van der Waals surface area contributed by atoms with Crippen molar-refractivity contribution in [3.8, 4) is 0 Å². The number of carbonyl (C=O) groups excluding carboxylic acids is 1. The number of aromatic nitrogens is 3. The number of pyridine rings is 1. The van der Waals surface area contributed by atoms with Gasteiger partial charge in [-0.05, 0) is 25.0 Å². The topological polar surface area (TPSA) is 75.1 Å². The van der Waals surface area contributed by atoms with Gasteiger partial charge in [0.15, 0.2) is 0 Å². The van der Waals surface area contributed by atoms with Crippen molar-refractivity contribution >= 4 is 23.4 Å². The summed E-state index contributed by atoms with van der Waals surface area (Å²) < 4.78 is 1.99. The van der Waals surface area contributed by atoms with Crippen molar-refractivity contribution in [1.82, 2.24) is 25.2 Å². The highest BCUT2D eigenvalue weighted by Gasteiger charge is 2.25. The van der Waals surface area contributed by atoms with Gasteiger partial charge in [-0.2, -0.15) is 0 Å². The van der Waals surface area contributed by atoms with E-state index in [4.69, 9.17) is 11.6 Å². The molecule has 0 radical (unpaired) electrons. The number of aryl methyl sites for hydroxylation is 1. The van der Waals surface area contributed by atoms with Gasteiger partial charge >= 0.3 is 6.03 Å². The van der Waals surface area contributed by atoms with Crippen molar-refractivity contribution < 1.29 is 4.79 Å². The summed E-state index contributed by atoms with van der Waals surface area (Å²) in [4.78, 5) is 22.4. The molecule has 0 aliphatic carbocycles. The van der Waals surface area contributed by atoms with Crippen molar-refractivity contribution in [1.29, 1.82) is 0 Å². The standard InChI is InChI=1S/C16H21ClN6O/c17-14-3-1-5-19-15(14)23-9-4-13(11-23)21-16(24)20-6-2-8-22-10-7-18-12-22/h1,3,5,7,10,12-13H,2,4,6,8-9,11H2,(H2,20,21,24)/t13-/m1/s1. The largest absolute Gasteiger partial charge is 0.353 e. The Balaban J connectivity index is 1.37. The molecule has 1 aliphatic heterocycles. The van der Waals surface area contributed by atoms with Crippen LogP contribution < -0.4 is 15.5 Å². The number of hydrogen-bond acceptors (Lipinski definition) is 4. The molecular formula is C16H21ClN6O. The van der Waals surface area contributed by atoms with E-state index in [1.807, 2.05) is 22.9 Å². The fourth-order valence-corrected chi connectivity index (χ4v) is 3.04. The lowest BCUT2D eigenvalue weighted by molar-refractivity contribution is 0.237. The molecule has 1 fully saturated rings. The van der Waals surface area contributed by atoms with Gasteiger partial charge in [0, 0.05) is 50.8 Å². The number of imidazole rings is 1. The predicted molar refractivity (Wildman–Crippen MR) is 93.2 cm³/mol. The Labute approximate surface area is 146 Å². The molecule has 2 N–H and O–H groups in total. The number of carbonyl (C=O) groups is 1. The Hall–Kier alpha value is -2.28. The number of urea groups is 1. The summed E-state index contributed by atoms with van der Waals surface area (Å²) in [5.41, 5.74) is 0. The molecule has 1 saturated heterocycles. The number of anilines is 1. The van der Waals surface area contributed by atoms with E-state index >= 15 is 0 Å². The summed E-state index contributed by atoms with van der Waals surface area (Å²) >= 11 is 6.17. The summed E-state index contributed by atoms with van der Waals surface area (Å²) in [6.45, 7) is 3.03. The van der Waals surface area contributed by atoms with Crippen molar-refractivity contribution in [2.75, 3.05) is 24.5 Å². The first kappa shape index (κ1) is 16.6. The molecule has 3 heterocycles. The lowest BCUT2D eigenvalue weighted by Gasteiger charge is -2.19. The Morgan fingerprint density at radius 3 is 3.12 bits per heavy atom. The van der Waals surface area contributed by atoms with Crippen LogP contribution in [0.25, 0.3) is 0 Å². The Bertz CT molecular complexity index is 662. The molecule has 1 aliphatic rings. The van der Waals surface area contributed by atoms with Crippen LogP contribution in [-0.2, 0) is 6.54 Å². The number of nitrogens with one attached hydrogen (secondary N) is 2. The quantitative estimate of drug-likeness (QED) is 0.782. The van der Waals surface area contributed by atoms with Gasteiger partial charge in [0.2, 0.25) is 0 Å². The van der Waals surface area contributed by atoms with Gasteiger partial charge in [-0.1, -0.05) is 11.6 Å². The van der Waals surface area contributed by atoms with Gasteiger partial charge < -0.3 is 20.1 Å². The van der Waals surface area contributed by atoms with Crippen LogP contribution in [0.5, 0.6) is 0 Å². The molecule has 8 heteroatoms. The van der Waals surface area contributed by atoms with Gasteiger partial charge in [0.05, 0.1) is 11.3 Å². The summed E-state index contributed by atoms with van der Waals surface area (Å²) in [6, 6.07) is 3.63. The summed E-state index contributed by atoms with van der Waals surface area (Å²) in [6.07, 6.45) is 8.92. The normalized spacial score (nSPS) is 17.0. The third-order valence-electron chi connectivity index (χ3n) is 4.00. The minimum Gasteiger partial charge on any atom is -0.353 e. The van der Waals surface area contributed by atoms with E-state index in [-0.39, 0.29) is 12.1 Å². The zero-order valence-corrected chi connectivity index (χ0v) is 14.1. The van der Waals surface area contributed by atoms with Crippen LogP contribution in [0.1, 0.15) is 12.8 Å². The number of halogens is 1. The predicted octanol–water partition coefficient (Wildman–Crippen LogP) is 1.90. The second-order valence-electron chi connectivity index (χ2n) is 5.79. The second-order valence-corrected chi connectivity index (χ2v) is 6.20. The Morgan fingerprint density at radius 2 is 2.33 bits per heavy atom. The zero-order chi connectivity index (χ0) is 16.8. The molecule has 1 atom stereocenters. The lowest BCUT2D eigenvalue weighted by Crippen LogP contribution is -2.43. The number of hydrogen-bond donors (Lipinski definition) is 2. The highest BCUT2D eigenvalue weighted by atomic mass is 35.5. The first-order valence-electron chi connectivity index (χ1n) is 8.08. The molecule has 2 aromatic rings. The molecular weight excluding hydrogens is 328 g/mol. The Kier molecular flexibility index (Phi) is 5.53. The number of nitrogens with zero attached hydrogens (tertiary/aromatic N) is 4. The minimum absolute atomic E-state index is 0.108. The molecule has 0 aromatic carbocycles. The van der Waals surface area contributed by atoms with E-state index in [1.54, 1.807) is 18.7 Å². The van der Waals surface area contributed by atoms with Crippen LogP contribution in [-0.4, -0.2) is 46.2 Å². The SMILES string of the molecule is O=C(NCCCn1ccnc1)N[C@@H]1CCN(c2ncccc2Cl)C1. The molecule has 7 nitrogen and oxygen atoms in total. The maximum Gasteiger partial charge on any atom is 0.315 e. The highest BCUT2D eigenvalue weighted by molar-refractivity contribution is 6.32. The van der Waals surface area contributed by atoms with Crippen LogP contribution in [0.15, 0.2) is 37.1 Å². The third-order valence-corrected chi connectivity index (χ3v) is 4.29. The van der Waals surface area contributed by atoms with Crippen molar-refractivity contribution in [3.05, 3.63) is 42.1 Å². The fourth-order valence-electron chi connectivity index (χ4n) is 2.80. The van der Waals surface area contributed by atoms with Crippen LogP contribution in [0, 0.1) is 0 Å². The van der Waals surface area contributed by atoms with Crippen LogP contribution >= 0.6 is 11.6 Å². The molecule has 128 valence electrons. The third kappa shape index (κ3) is 4.38. The molecule has 0 bridgehead atoms. The molecule has 0 spiro atoms. The van der Waals surface area contributed by atoms with Gasteiger partial charge in [0.25, 0.3) is 0 Å². The fraction of sp³-hybridized carbons (Fsp3) is 0.438. The second kappa shape index (κ2) is 8.01. The van der Waals surface area contributed by atoms with Crippen LogP contribution in [0.2, 0.25) is 5.02 Å². The zero-order valence-electron chi connectivity index (χ0n) is 13.4. The first-order valence-corrected chi connectivity index (χ1v) is 8.46. The average molecular weight is 349 g/mol. The highest BCUT2D eigenvalue weighted by Crippen LogP contribution is 2.25. The molecule has 2 amide bonds. The van der Waals surface area contributed by atoms with Gasteiger partial charge in [-0.25, -0.2) is 14.8 Å². The minimum atomic E-state index is -0.125. The monoisotopic (exact) mass is 348 g/mol.